The molecule has 114 valence electrons. The normalized spacial score (nSPS) is 16.7. The van der Waals surface area contributed by atoms with E-state index >= 15 is 0 Å². The van der Waals surface area contributed by atoms with Gasteiger partial charge in [0.25, 0.3) is 0 Å². The summed E-state index contributed by atoms with van der Waals surface area (Å²) in [5.41, 5.74) is 1.09. The third-order valence-electron chi connectivity index (χ3n) is 3.28. The van der Waals surface area contributed by atoms with Gasteiger partial charge in [-0.1, -0.05) is 6.92 Å². The molecule has 20 heavy (non-hydrogen) atoms. The van der Waals surface area contributed by atoms with Crippen LogP contribution in [-0.2, 0) is 29.2 Å². The van der Waals surface area contributed by atoms with E-state index in [0.29, 0.717) is 6.61 Å². The van der Waals surface area contributed by atoms with Crippen LogP contribution in [0.5, 0.6) is 0 Å². The molecule has 6 heteroatoms. The summed E-state index contributed by atoms with van der Waals surface area (Å²) in [6, 6.07) is 0. The standard InChI is InChI=1S/C14H25N3O2S/c1-3-4-15-9-13-12(11-18-2)16-14(20-13)10-17-5-7-19-8-6-17/h15H,3-11H2,1-2H3. The molecular weight excluding hydrogens is 274 g/mol. The molecule has 2 heterocycles. The highest BCUT2D eigenvalue weighted by Crippen LogP contribution is 2.21. The highest BCUT2D eigenvalue weighted by Gasteiger charge is 2.15. The van der Waals surface area contributed by atoms with Crippen LogP contribution in [0.15, 0.2) is 0 Å². The molecule has 1 aliphatic rings. The van der Waals surface area contributed by atoms with Gasteiger partial charge in [-0.05, 0) is 13.0 Å². The van der Waals surface area contributed by atoms with Crippen LogP contribution in [0, 0.1) is 0 Å². The molecule has 0 spiro atoms. The van der Waals surface area contributed by atoms with E-state index in [0.717, 1.165) is 58.1 Å². The summed E-state index contributed by atoms with van der Waals surface area (Å²) in [7, 11) is 1.73. The second kappa shape index (κ2) is 8.69. The summed E-state index contributed by atoms with van der Waals surface area (Å²) in [4.78, 5) is 8.46. The largest absolute Gasteiger partial charge is 0.379 e. The van der Waals surface area contributed by atoms with Crippen molar-refractivity contribution in [1.29, 1.82) is 0 Å². The molecule has 0 unspecified atom stereocenters. The Morgan fingerprint density at radius 2 is 2.20 bits per heavy atom. The SMILES string of the molecule is CCCNCc1sc(CN2CCOCC2)nc1COC. The Morgan fingerprint density at radius 3 is 2.90 bits per heavy atom. The summed E-state index contributed by atoms with van der Waals surface area (Å²) in [5, 5.41) is 4.64. The third kappa shape index (κ3) is 4.79. The number of nitrogens with zero attached hydrogens (tertiary/aromatic N) is 2. The lowest BCUT2D eigenvalue weighted by Gasteiger charge is -2.25. The fourth-order valence-electron chi connectivity index (χ4n) is 2.22. The average Bonchev–Trinajstić information content (AvgIpc) is 2.83. The Kier molecular flexibility index (Phi) is 6.89. The number of nitrogens with one attached hydrogen (secondary N) is 1. The summed E-state index contributed by atoms with van der Waals surface area (Å²) >= 11 is 1.81. The summed E-state index contributed by atoms with van der Waals surface area (Å²) in [5.74, 6) is 0. The smallest absolute Gasteiger partial charge is 0.107 e. The fraction of sp³-hybridized carbons (Fsp3) is 0.786. The van der Waals surface area contributed by atoms with Gasteiger partial charge in [0.2, 0.25) is 0 Å². The minimum absolute atomic E-state index is 0.600. The Balaban J connectivity index is 1.95. The van der Waals surface area contributed by atoms with E-state index < -0.39 is 0 Å². The minimum atomic E-state index is 0.600. The molecule has 1 aromatic rings. The summed E-state index contributed by atoms with van der Waals surface area (Å²) in [6.45, 7) is 9.32. The zero-order valence-electron chi connectivity index (χ0n) is 12.5. The van der Waals surface area contributed by atoms with E-state index in [1.807, 2.05) is 11.3 Å². The number of hydrogen-bond donors (Lipinski definition) is 1. The van der Waals surface area contributed by atoms with Gasteiger partial charge in [-0.25, -0.2) is 4.98 Å². The van der Waals surface area contributed by atoms with E-state index in [4.69, 9.17) is 14.5 Å². The molecule has 0 radical (unpaired) electrons. The maximum atomic E-state index is 5.38. The fourth-order valence-corrected chi connectivity index (χ4v) is 3.31. The van der Waals surface area contributed by atoms with Gasteiger partial charge in [-0.15, -0.1) is 11.3 Å². The van der Waals surface area contributed by atoms with Crippen LogP contribution in [0.2, 0.25) is 0 Å². The Labute approximate surface area is 125 Å². The Morgan fingerprint density at radius 1 is 1.40 bits per heavy atom. The number of ether oxygens (including phenoxy) is 2. The van der Waals surface area contributed by atoms with Crippen molar-refractivity contribution in [2.24, 2.45) is 0 Å². The molecule has 0 amide bonds. The molecular formula is C14H25N3O2S. The van der Waals surface area contributed by atoms with E-state index in [9.17, 15) is 0 Å². The molecule has 1 N–H and O–H groups in total. The molecule has 1 aromatic heterocycles. The lowest BCUT2D eigenvalue weighted by molar-refractivity contribution is 0.0341. The van der Waals surface area contributed by atoms with Crippen molar-refractivity contribution in [2.45, 2.75) is 33.0 Å². The second-order valence-electron chi connectivity index (χ2n) is 4.98. The zero-order valence-corrected chi connectivity index (χ0v) is 13.3. The van der Waals surface area contributed by atoms with Gasteiger partial charge in [0, 0.05) is 31.6 Å². The molecule has 0 aliphatic carbocycles. The topological polar surface area (TPSA) is 46.6 Å². The first-order chi connectivity index (χ1) is 9.83. The van der Waals surface area contributed by atoms with Crippen LogP contribution in [0.25, 0.3) is 0 Å². The van der Waals surface area contributed by atoms with E-state index in [-0.39, 0.29) is 0 Å². The van der Waals surface area contributed by atoms with Crippen molar-refractivity contribution < 1.29 is 9.47 Å². The van der Waals surface area contributed by atoms with Crippen LogP contribution < -0.4 is 5.32 Å². The van der Waals surface area contributed by atoms with Gasteiger partial charge in [-0.2, -0.15) is 0 Å². The molecule has 0 bridgehead atoms. The molecule has 0 atom stereocenters. The molecule has 1 aliphatic heterocycles. The quantitative estimate of drug-likeness (QED) is 0.739. The molecule has 2 rings (SSSR count). The molecule has 1 fully saturated rings. The van der Waals surface area contributed by atoms with Crippen LogP contribution in [0.1, 0.15) is 28.9 Å². The average molecular weight is 299 g/mol. The number of thiazole rings is 1. The van der Waals surface area contributed by atoms with E-state index in [2.05, 4.69) is 17.1 Å². The van der Waals surface area contributed by atoms with Crippen LogP contribution in [-0.4, -0.2) is 49.8 Å². The van der Waals surface area contributed by atoms with Crippen molar-refractivity contribution in [3.63, 3.8) is 0 Å². The molecule has 1 saturated heterocycles. The van der Waals surface area contributed by atoms with E-state index in [1.54, 1.807) is 7.11 Å². The van der Waals surface area contributed by atoms with Crippen LogP contribution in [0.4, 0.5) is 0 Å². The molecule has 5 nitrogen and oxygen atoms in total. The lowest BCUT2D eigenvalue weighted by Crippen LogP contribution is -2.35. The number of rotatable bonds is 8. The van der Waals surface area contributed by atoms with Gasteiger partial charge in [0.05, 0.1) is 32.1 Å². The Hall–Kier alpha value is -0.530. The lowest BCUT2D eigenvalue weighted by atomic mass is 10.3. The maximum absolute atomic E-state index is 5.38. The van der Waals surface area contributed by atoms with Crippen molar-refractivity contribution in [1.82, 2.24) is 15.2 Å². The monoisotopic (exact) mass is 299 g/mol. The molecule has 0 saturated carbocycles. The first-order valence-corrected chi connectivity index (χ1v) is 8.12. The van der Waals surface area contributed by atoms with Gasteiger partial charge in [0.15, 0.2) is 0 Å². The van der Waals surface area contributed by atoms with Crippen LogP contribution >= 0.6 is 11.3 Å². The first kappa shape index (κ1) is 15.9. The number of methoxy groups -OCH3 is 1. The maximum Gasteiger partial charge on any atom is 0.107 e. The van der Waals surface area contributed by atoms with Crippen molar-refractivity contribution in [2.75, 3.05) is 40.0 Å². The molecule has 0 aromatic carbocycles. The Bertz CT molecular complexity index is 392. The minimum Gasteiger partial charge on any atom is -0.379 e. The van der Waals surface area contributed by atoms with Gasteiger partial charge in [-0.3, -0.25) is 4.90 Å². The third-order valence-corrected chi connectivity index (χ3v) is 4.36. The van der Waals surface area contributed by atoms with Crippen LogP contribution in [0.3, 0.4) is 0 Å². The predicted molar refractivity (Wildman–Crippen MR) is 80.9 cm³/mol. The van der Waals surface area contributed by atoms with E-state index in [1.165, 1.54) is 9.88 Å². The van der Waals surface area contributed by atoms with Gasteiger partial charge < -0.3 is 14.8 Å². The zero-order chi connectivity index (χ0) is 14.2. The number of morpholine rings is 1. The highest BCUT2D eigenvalue weighted by molar-refractivity contribution is 7.11. The van der Waals surface area contributed by atoms with Crippen molar-refractivity contribution >= 4 is 11.3 Å². The van der Waals surface area contributed by atoms with Gasteiger partial charge >= 0.3 is 0 Å². The second-order valence-corrected chi connectivity index (χ2v) is 6.14. The van der Waals surface area contributed by atoms with Gasteiger partial charge in [0.1, 0.15) is 5.01 Å². The first-order valence-electron chi connectivity index (χ1n) is 7.30. The summed E-state index contributed by atoms with van der Waals surface area (Å²) < 4.78 is 10.6. The highest BCUT2D eigenvalue weighted by atomic mass is 32.1. The van der Waals surface area contributed by atoms with Crippen molar-refractivity contribution in [3.05, 3.63) is 15.6 Å². The predicted octanol–water partition coefficient (Wildman–Crippen LogP) is 1.62. The van der Waals surface area contributed by atoms with Crippen molar-refractivity contribution in [3.8, 4) is 0 Å². The summed E-state index contributed by atoms with van der Waals surface area (Å²) in [6.07, 6.45) is 1.15. The number of hydrogen-bond acceptors (Lipinski definition) is 6. The number of aromatic nitrogens is 1.